The molecule has 3 unspecified atom stereocenters. The molecular weight excluding hydrogens is 458 g/mol. The number of fused-ring (bicyclic) bond motifs is 3. The number of alkyl halides is 2. The van der Waals surface area contributed by atoms with E-state index in [-0.39, 0.29) is 25.0 Å². The van der Waals surface area contributed by atoms with E-state index in [0.29, 0.717) is 19.3 Å². The van der Waals surface area contributed by atoms with Gasteiger partial charge in [-0.15, -0.1) is 0 Å². The fraction of sp³-hybridized carbons (Fsp3) is 0.423. The van der Waals surface area contributed by atoms with E-state index in [1.54, 1.807) is 0 Å². The van der Waals surface area contributed by atoms with Crippen LogP contribution >= 0.6 is 0 Å². The Morgan fingerprint density at radius 2 is 1.63 bits per heavy atom. The fourth-order valence-electron chi connectivity index (χ4n) is 4.99. The number of carbonyl (C=O) groups is 3. The topological polar surface area (TPSA) is 105 Å². The molecule has 0 aliphatic heterocycles. The first-order chi connectivity index (χ1) is 16.8. The molecule has 0 heterocycles. The number of aliphatic carboxylic acids is 1. The van der Waals surface area contributed by atoms with E-state index in [1.807, 2.05) is 48.5 Å². The Morgan fingerprint density at radius 1 is 1.03 bits per heavy atom. The first kappa shape index (κ1) is 23.3. The maximum absolute atomic E-state index is 14.0. The minimum absolute atomic E-state index is 0.0668. The number of nitrogens with one attached hydrogen (secondary N) is 2. The maximum Gasteiger partial charge on any atom is 0.407 e. The lowest BCUT2D eigenvalue weighted by molar-refractivity contribution is -0.171. The van der Waals surface area contributed by atoms with E-state index in [2.05, 4.69) is 10.6 Å². The first-order valence-electron chi connectivity index (χ1n) is 11.8. The Labute approximate surface area is 200 Å². The summed E-state index contributed by atoms with van der Waals surface area (Å²) >= 11 is 0. The molecule has 2 aromatic rings. The SMILES string of the molecule is O=C(NCC1CC1C(=O)NC(C1CC1)C(F)(F)C(=O)O)OCC1c2ccccc2-c2ccccc21. The molecule has 35 heavy (non-hydrogen) atoms. The van der Waals surface area contributed by atoms with Crippen LogP contribution in [0.1, 0.15) is 36.3 Å². The summed E-state index contributed by atoms with van der Waals surface area (Å²) in [6.45, 7) is 0.347. The molecule has 2 aromatic carbocycles. The van der Waals surface area contributed by atoms with Gasteiger partial charge in [-0.3, -0.25) is 4.79 Å². The summed E-state index contributed by atoms with van der Waals surface area (Å²) < 4.78 is 33.5. The quantitative estimate of drug-likeness (QED) is 0.503. The van der Waals surface area contributed by atoms with Crippen molar-refractivity contribution < 1.29 is 33.0 Å². The molecule has 0 saturated heterocycles. The maximum atomic E-state index is 14.0. The largest absolute Gasteiger partial charge is 0.477 e. The molecule has 2 saturated carbocycles. The Hall–Kier alpha value is -3.49. The van der Waals surface area contributed by atoms with Gasteiger partial charge in [0.05, 0.1) is 0 Å². The smallest absolute Gasteiger partial charge is 0.407 e. The molecule has 0 bridgehead atoms. The lowest BCUT2D eigenvalue weighted by Crippen LogP contribution is -2.53. The van der Waals surface area contributed by atoms with Crippen LogP contribution in [0.25, 0.3) is 11.1 Å². The van der Waals surface area contributed by atoms with Crippen LogP contribution in [0.4, 0.5) is 13.6 Å². The van der Waals surface area contributed by atoms with E-state index in [9.17, 15) is 23.2 Å². The van der Waals surface area contributed by atoms with Crippen molar-refractivity contribution in [3.63, 3.8) is 0 Å². The number of ether oxygens (including phenoxy) is 1. The van der Waals surface area contributed by atoms with Gasteiger partial charge in [0.1, 0.15) is 12.6 Å². The highest BCUT2D eigenvalue weighted by Gasteiger charge is 2.56. The van der Waals surface area contributed by atoms with Gasteiger partial charge in [-0.1, -0.05) is 48.5 Å². The molecule has 184 valence electrons. The van der Waals surface area contributed by atoms with Gasteiger partial charge in [-0.2, -0.15) is 8.78 Å². The number of hydrogen-bond acceptors (Lipinski definition) is 4. The number of carboxylic acids is 1. The van der Waals surface area contributed by atoms with Crippen LogP contribution in [0.5, 0.6) is 0 Å². The Bertz CT molecular complexity index is 1120. The van der Waals surface area contributed by atoms with Crippen molar-refractivity contribution in [2.24, 2.45) is 17.8 Å². The zero-order chi connectivity index (χ0) is 24.7. The molecule has 2 amide bonds. The number of amides is 2. The number of benzene rings is 2. The number of carboxylic acid groups (broad SMARTS) is 1. The summed E-state index contributed by atoms with van der Waals surface area (Å²) in [4.78, 5) is 35.7. The van der Waals surface area contributed by atoms with Crippen molar-refractivity contribution in [1.29, 1.82) is 0 Å². The average molecular weight is 484 g/mol. The Kier molecular flexibility index (Phi) is 5.94. The van der Waals surface area contributed by atoms with Crippen molar-refractivity contribution in [3.05, 3.63) is 59.7 Å². The molecule has 2 fully saturated rings. The Morgan fingerprint density at radius 3 is 2.20 bits per heavy atom. The summed E-state index contributed by atoms with van der Waals surface area (Å²) in [5.41, 5.74) is 4.46. The van der Waals surface area contributed by atoms with Gasteiger partial charge in [0, 0.05) is 18.4 Å². The number of alkyl carbamates (subject to hydrolysis) is 1. The standard InChI is InChI=1S/C26H26F2N2O5/c27-26(28,24(32)33)22(14-9-10-14)30-23(31)20-11-15(20)12-29-25(34)35-13-21-18-7-3-1-5-16(18)17-6-2-4-8-19(17)21/h1-8,14-15,20-22H,9-13H2,(H,29,34)(H,30,31)(H,32,33). The second kappa shape index (κ2) is 8.94. The van der Waals surface area contributed by atoms with E-state index in [1.165, 1.54) is 0 Å². The van der Waals surface area contributed by atoms with Crippen LogP contribution in [-0.4, -0.2) is 48.2 Å². The molecule has 0 aromatic heterocycles. The fourth-order valence-corrected chi connectivity index (χ4v) is 4.99. The van der Waals surface area contributed by atoms with Crippen LogP contribution in [-0.2, 0) is 14.3 Å². The highest BCUT2D eigenvalue weighted by molar-refractivity contribution is 5.84. The molecule has 3 atom stereocenters. The van der Waals surface area contributed by atoms with Crippen LogP contribution in [0, 0.1) is 17.8 Å². The molecule has 0 spiro atoms. The highest BCUT2D eigenvalue weighted by atomic mass is 19.3. The predicted octanol–water partition coefficient (Wildman–Crippen LogP) is 3.78. The third-order valence-electron chi connectivity index (χ3n) is 7.18. The first-order valence-corrected chi connectivity index (χ1v) is 11.8. The minimum atomic E-state index is -4.01. The van der Waals surface area contributed by atoms with Crippen LogP contribution in [0.15, 0.2) is 48.5 Å². The predicted molar refractivity (Wildman–Crippen MR) is 122 cm³/mol. The van der Waals surface area contributed by atoms with E-state index in [0.717, 1.165) is 22.3 Å². The second-order valence-corrected chi connectivity index (χ2v) is 9.56. The van der Waals surface area contributed by atoms with E-state index in [4.69, 9.17) is 9.84 Å². The van der Waals surface area contributed by atoms with Crippen molar-refractivity contribution in [2.75, 3.05) is 13.2 Å². The Balaban J connectivity index is 1.10. The summed E-state index contributed by atoms with van der Waals surface area (Å²) in [5, 5.41) is 13.7. The molecule has 7 nitrogen and oxygen atoms in total. The highest BCUT2D eigenvalue weighted by Crippen LogP contribution is 2.45. The van der Waals surface area contributed by atoms with Gasteiger partial charge in [0.2, 0.25) is 5.91 Å². The molecule has 3 aliphatic carbocycles. The molecular formula is C26H26F2N2O5. The molecule has 3 N–H and O–H groups in total. The normalized spacial score (nSPS) is 21.4. The minimum Gasteiger partial charge on any atom is -0.477 e. The van der Waals surface area contributed by atoms with Crippen molar-refractivity contribution >= 4 is 18.0 Å². The molecule has 9 heteroatoms. The number of hydrogen-bond donors (Lipinski definition) is 3. The lowest BCUT2D eigenvalue weighted by atomic mass is 9.98. The monoisotopic (exact) mass is 484 g/mol. The molecule has 3 aliphatic rings. The molecule has 0 radical (unpaired) electrons. The summed E-state index contributed by atoms with van der Waals surface area (Å²) in [5.74, 6) is -8.17. The van der Waals surface area contributed by atoms with E-state index >= 15 is 0 Å². The summed E-state index contributed by atoms with van der Waals surface area (Å²) in [7, 11) is 0. The van der Waals surface area contributed by atoms with Crippen LogP contribution < -0.4 is 10.6 Å². The lowest BCUT2D eigenvalue weighted by Gasteiger charge is -2.24. The zero-order valence-corrected chi connectivity index (χ0v) is 18.9. The van der Waals surface area contributed by atoms with Gasteiger partial charge in [0.25, 0.3) is 0 Å². The van der Waals surface area contributed by atoms with Gasteiger partial charge >= 0.3 is 18.0 Å². The number of rotatable bonds is 9. The second-order valence-electron chi connectivity index (χ2n) is 9.56. The number of halogens is 2. The molecule has 5 rings (SSSR count). The summed E-state index contributed by atoms with van der Waals surface area (Å²) in [6.07, 6.45) is 0.758. The third kappa shape index (κ3) is 4.59. The van der Waals surface area contributed by atoms with Crippen LogP contribution in [0.2, 0.25) is 0 Å². The third-order valence-corrected chi connectivity index (χ3v) is 7.18. The van der Waals surface area contributed by atoms with E-state index < -0.39 is 41.8 Å². The number of carbonyl (C=O) groups excluding carboxylic acids is 2. The summed E-state index contributed by atoms with van der Waals surface area (Å²) in [6, 6.07) is 14.3. The zero-order valence-electron chi connectivity index (χ0n) is 18.9. The van der Waals surface area contributed by atoms with Crippen molar-refractivity contribution in [2.45, 2.75) is 37.1 Å². The van der Waals surface area contributed by atoms with Gasteiger partial charge in [-0.25, -0.2) is 9.59 Å². The van der Waals surface area contributed by atoms with Gasteiger partial charge in [-0.05, 0) is 53.4 Å². The van der Waals surface area contributed by atoms with Gasteiger partial charge < -0.3 is 20.5 Å². The van der Waals surface area contributed by atoms with Crippen molar-refractivity contribution in [3.8, 4) is 11.1 Å². The average Bonchev–Trinajstić information content (AvgIpc) is 3.77. The van der Waals surface area contributed by atoms with Crippen LogP contribution in [0.3, 0.4) is 0 Å². The van der Waals surface area contributed by atoms with Gasteiger partial charge in [0.15, 0.2) is 0 Å². The van der Waals surface area contributed by atoms with Crippen molar-refractivity contribution in [1.82, 2.24) is 10.6 Å².